The molecular formula is C22H24F2N6O. The summed E-state index contributed by atoms with van der Waals surface area (Å²) < 4.78 is 31.2. The van der Waals surface area contributed by atoms with E-state index in [1.165, 1.54) is 4.57 Å². The molecule has 0 saturated heterocycles. The van der Waals surface area contributed by atoms with Gasteiger partial charge in [-0.15, -0.1) is 0 Å². The third-order valence-corrected chi connectivity index (χ3v) is 6.19. The summed E-state index contributed by atoms with van der Waals surface area (Å²) in [6.45, 7) is 1.21. The Balaban J connectivity index is 1.64. The van der Waals surface area contributed by atoms with Crippen molar-refractivity contribution in [1.29, 1.82) is 0 Å². The molecule has 2 aliphatic rings. The molecule has 7 nitrogen and oxygen atoms in total. The first-order chi connectivity index (χ1) is 14.8. The summed E-state index contributed by atoms with van der Waals surface area (Å²) in [5.74, 6) is 0.657. The zero-order chi connectivity index (χ0) is 21.9. The summed E-state index contributed by atoms with van der Waals surface area (Å²) in [5, 5.41) is 1.79. The van der Waals surface area contributed by atoms with Crippen molar-refractivity contribution >= 4 is 28.2 Å². The number of benzene rings is 1. The summed E-state index contributed by atoms with van der Waals surface area (Å²) in [7, 11) is 5.25. The number of anilines is 2. The molecule has 162 valence electrons. The van der Waals surface area contributed by atoms with Crippen LogP contribution in [0.3, 0.4) is 0 Å². The van der Waals surface area contributed by atoms with Crippen LogP contribution in [-0.4, -0.2) is 39.3 Å². The highest BCUT2D eigenvalue weighted by Gasteiger charge is 2.27. The van der Waals surface area contributed by atoms with Gasteiger partial charge < -0.3 is 9.91 Å². The first-order valence-corrected chi connectivity index (χ1v) is 10.3. The van der Waals surface area contributed by atoms with Crippen molar-refractivity contribution < 1.29 is 8.78 Å². The maximum absolute atomic E-state index is 14.0. The van der Waals surface area contributed by atoms with Gasteiger partial charge in [0, 0.05) is 51.7 Å². The average molecular weight is 426 g/mol. The molecule has 3 aromatic rings. The van der Waals surface area contributed by atoms with E-state index in [9.17, 15) is 13.6 Å². The number of nitrogens with zero attached hydrogens (tertiary/aromatic N) is 5. The fourth-order valence-corrected chi connectivity index (χ4v) is 4.55. The van der Waals surface area contributed by atoms with E-state index in [4.69, 9.17) is 4.98 Å². The van der Waals surface area contributed by atoms with Gasteiger partial charge in [0.1, 0.15) is 5.82 Å². The predicted molar refractivity (Wildman–Crippen MR) is 116 cm³/mol. The number of hydrogen-bond acceptors (Lipinski definition) is 5. The highest BCUT2D eigenvalue weighted by molar-refractivity contribution is 5.79. The molecule has 0 spiro atoms. The summed E-state index contributed by atoms with van der Waals surface area (Å²) in [5.41, 5.74) is 7.57. The van der Waals surface area contributed by atoms with E-state index in [1.54, 1.807) is 29.7 Å². The van der Waals surface area contributed by atoms with Gasteiger partial charge in [0.2, 0.25) is 0 Å². The van der Waals surface area contributed by atoms with Crippen LogP contribution in [0.4, 0.5) is 20.3 Å². The number of imidazole rings is 1. The number of pyridine rings is 1. The number of rotatable bonds is 3. The second-order valence-corrected chi connectivity index (χ2v) is 8.14. The maximum atomic E-state index is 14.0. The van der Waals surface area contributed by atoms with Gasteiger partial charge in [-0.05, 0) is 53.8 Å². The fourth-order valence-electron chi connectivity index (χ4n) is 4.55. The minimum absolute atomic E-state index is 0.0298. The van der Waals surface area contributed by atoms with Crippen molar-refractivity contribution in [3.05, 3.63) is 57.6 Å². The van der Waals surface area contributed by atoms with Gasteiger partial charge >= 0.3 is 5.69 Å². The van der Waals surface area contributed by atoms with Crippen LogP contribution < -0.4 is 16.0 Å². The SMILES string of the molecule is CN1C=C(c2cc3c(cc2C(F)F)N(c2ccc4c(n2)n(C)c(=O)n4C)CCC3)CN1. The van der Waals surface area contributed by atoms with Crippen LogP contribution in [0, 0.1) is 0 Å². The number of hydrogen-bond donors (Lipinski definition) is 1. The Morgan fingerprint density at radius 3 is 2.65 bits per heavy atom. The minimum Gasteiger partial charge on any atom is -0.326 e. The molecule has 0 aliphatic carbocycles. The molecule has 4 heterocycles. The Morgan fingerprint density at radius 2 is 1.94 bits per heavy atom. The average Bonchev–Trinajstić information content (AvgIpc) is 3.29. The lowest BCUT2D eigenvalue weighted by Crippen LogP contribution is -2.26. The fraction of sp³-hybridized carbons (Fsp3) is 0.364. The van der Waals surface area contributed by atoms with Crippen molar-refractivity contribution in [2.75, 3.05) is 25.0 Å². The molecule has 2 aromatic heterocycles. The van der Waals surface area contributed by atoms with E-state index in [-0.39, 0.29) is 11.3 Å². The number of alkyl halides is 2. The molecule has 1 aromatic carbocycles. The van der Waals surface area contributed by atoms with Gasteiger partial charge in [-0.3, -0.25) is 9.13 Å². The van der Waals surface area contributed by atoms with Gasteiger partial charge in [0.05, 0.1) is 5.52 Å². The monoisotopic (exact) mass is 426 g/mol. The van der Waals surface area contributed by atoms with Gasteiger partial charge in [-0.25, -0.2) is 24.0 Å². The maximum Gasteiger partial charge on any atom is 0.329 e. The Kier molecular flexibility index (Phi) is 4.58. The van der Waals surface area contributed by atoms with Crippen LogP contribution >= 0.6 is 0 Å². The highest BCUT2D eigenvalue weighted by Crippen LogP contribution is 2.40. The highest BCUT2D eigenvalue weighted by atomic mass is 19.3. The number of halogens is 2. The summed E-state index contributed by atoms with van der Waals surface area (Å²) >= 11 is 0. The van der Waals surface area contributed by atoms with E-state index < -0.39 is 6.43 Å². The number of nitrogens with one attached hydrogen (secondary N) is 1. The third kappa shape index (κ3) is 3.11. The lowest BCUT2D eigenvalue weighted by atomic mass is 9.92. The Labute approximate surface area is 178 Å². The van der Waals surface area contributed by atoms with Crippen molar-refractivity contribution in [3.63, 3.8) is 0 Å². The molecule has 31 heavy (non-hydrogen) atoms. The predicted octanol–water partition coefficient (Wildman–Crippen LogP) is 3.08. The first kappa shape index (κ1) is 19.7. The minimum atomic E-state index is -2.58. The Bertz CT molecular complexity index is 1280. The van der Waals surface area contributed by atoms with Crippen LogP contribution in [0.2, 0.25) is 0 Å². The van der Waals surface area contributed by atoms with E-state index >= 15 is 0 Å². The van der Waals surface area contributed by atoms with Crippen LogP contribution in [0.15, 0.2) is 35.3 Å². The lowest BCUT2D eigenvalue weighted by Gasteiger charge is -2.32. The molecule has 2 aliphatic heterocycles. The second kappa shape index (κ2) is 7.19. The molecule has 5 rings (SSSR count). The Morgan fingerprint density at radius 1 is 1.13 bits per heavy atom. The first-order valence-electron chi connectivity index (χ1n) is 10.3. The van der Waals surface area contributed by atoms with Crippen molar-refractivity contribution in [1.82, 2.24) is 24.6 Å². The number of aromatic nitrogens is 3. The van der Waals surface area contributed by atoms with E-state index in [0.29, 0.717) is 30.1 Å². The molecule has 0 unspecified atom stereocenters. The van der Waals surface area contributed by atoms with Crippen molar-refractivity contribution in [2.45, 2.75) is 19.3 Å². The van der Waals surface area contributed by atoms with Gasteiger partial charge in [0.25, 0.3) is 6.43 Å². The van der Waals surface area contributed by atoms with Gasteiger partial charge in [0.15, 0.2) is 5.65 Å². The summed E-state index contributed by atoms with van der Waals surface area (Å²) in [4.78, 5) is 19.0. The van der Waals surface area contributed by atoms with Crippen molar-refractivity contribution in [2.24, 2.45) is 14.1 Å². The molecular weight excluding hydrogens is 402 g/mol. The molecule has 0 atom stereocenters. The second-order valence-electron chi connectivity index (χ2n) is 8.14. The quantitative estimate of drug-likeness (QED) is 0.698. The lowest BCUT2D eigenvalue weighted by molar-refractivity contribution is 0.151. The Hall–Kier alpha value is -3.20. The normalized spacial score (nSPS) is 16.4. The van der Waals surface area contributed by atoms with Crippen LogP contribution in [0.1, 0.15) is 29.5 Å². The van der Waals surface area contributed by atoms with Crippen LogP contribution in [0.5, 0.6) is 0 Å². The summed E-state index contributed by atoms with van der Waals surface area (Å²) in [6, 6.07) is 7.24. The molecule has 9 heteroatoms. The third-order valence-electron chi connectivity index (χ3n) is 6.19. The topological polar surface area (TPSA) is 58.3 Å². The standard InChI is InChI=1S/C22H24F2N6O/c1-27-12-14(11-25-27)15-9-13-5-4-8-30(18(13)10-16(15)20(23)24)19-7-6-17-21(26-19)29(3)22(31)28(17)2/h6-7,9-10,12,20,25H,4-5,8,11H2,1-3H3. The van der Waals surface area contributed by atoms with Crippen LogP contribution in [-0.2, 0) is 20.5 Å². The smallest absolute Gasteiger partial charge is 0.326 e. The molecule has 0 fully saturated rings. The van der Waals surface area contributed by atoms with Gasteiger partial charge in [-0.2, -0.15) is 0 Å². The number of fused-ring (bicyclic) bond motifs is 2. The number of hydrazine groups is 1. The number of aryl methyl sites for hydroxylation is 3. The summed E-state index contributed by atoms with van der Waals surface area (Å²) in [6.07, 6.45) is 0.997. The molecule has 0 saturated carbocycles. The van der Waals surface area contributed by atoms with E-state index in [2.05, 4.69) is 5.43 Å². The molecule has 1 N–H and O–H groups in total. The van der Waals surface area contributed by atoms with E-state index in [1.807, 2.05) is 36.3 Å². The molecule has 0 bridgehead atoms. The zero-order valence-electron chi connectivity index (χ0n) is 17.7. The molecule has 0 amide bonds. The van der Waals surface area contributed by atoms with Gasteiger partial charge in [-0.1, -0.05) is 0 Å². The van der Waals surface area contributed by atoms with E-state index in [0.717, 1.165) is 35.2 Å². The largest absolute Gasteiger partial charge is 0.329 e. The van der Waals surface area contributed by atoms with Crippen molar-refractivity contribution in [3.8, 4) is 0 Å². The van der Waals surface area contributed by atoms with Crippen LogP contribution in [0.25, 0.3) is 16.7 Å². The molecule has 0 radical (unpaired) electrons. The zero-order valence-corrected chi connectivity index (χ0v) is 17.7.